The van der Waals surface area contributed by atoms with E-state index in [0.717, 1.165) is 44.4 Å². The number of alkyl halides is 3. The van der Waals surface area contributed by atoms with Crippen LogP contribution in [0.4, 0.5) is 0 Å². The van der Waals surface area contributed by atoms with Gasteiger partial charge in [0, 0.05) is 5.88 Å². The summed E-state index contributed by atoms with van der Waals surface area (Å²) in [6, 6.07) is 0. The molecule has 7 heteroatoms. The van der Waals surface area contributed by atoms with Gasteiger partial charge in [0.1, 0.15) is 11.4 Å². The van der Waals surface area contributed by atoms with Crippen LogP contribution in [0.2, 0.25) is 0 Å². The van der Waals surface area contributed by atoms with Gasteiger partial charge in [-0.05, 0) is 12.8 Å². The molecule has 0 saturated carbocycles. The summed E-state index contributed by atoms with van der Waals surface area (Å²) < 4.78 is 9.75. The van der Waals surface area contributed by atoms with E-state index in [-0.39, 0.29) is 25.4 Å². The van der Waals surface area contributed by atoms with Crippen molar-refractivity contribution in [1.82, 2.24) is 0 Å². The van der Waals surface area contributed by atoms with E-state index in [2.05, 4.69) is 0 Å². The summed E-state index contributed by atoms with van der Waals surface area (Å²) in [7, 11) is 0. The molecule has 0 aliphatic heterocycles. The average Bonchev–Trinajstić information content (AvgIpc) is 2.45. The Balaban J connectivity index is 3.36. The third-order valence-corrected chi connectivity index (χ3v) is 3.21. The highest BCUT2D eigenvalue weighted by Crippen LogP contribution is 2.07. The van der Waals surface area contributed by atoms with E-state index < -0.39 is 10.8 Å². The maximum atomic E-state index is 11.4. The topological polar surface area (TPSA) is 52.6 Å². The predicted molar refractivity (Wildman–Crippen MR) is 85.1 cm³/mol. The van der Waals surface area contributed by atoms with Crippen molar-refractivity contribution in [3.05, 3.63) is 0 Å². The van der Waals surface area contributed by atoms with Crippen LogP contribution in [0.15, 0.2) is 0 Å². The molecule has 0 unspecified atom stereocenters. The zero-order chi connectivity index (χ0) is 15.9. The maximum absolute atomic E-state index is 11.4. The highest BCUT2D eigenvalue weighted by molar-refractivity contribution is 6.44. The summed E-state index contributed by atoms with van der Waals surface area (Å²) in [4.78, 5) is 21.8. The Hall–Kier alpha value is -0.190. The number of hydrogen-bond donors (Lipinski definition) is 0. The fourth-order valence-corrected chi connectivity index (χ4v) is 1.91. The standard InChI is InChI=1S/C14H23Cl3O4/c15-9-5-3-1-2-4-6-10-20-13(18)7-8-14(19)21-11-12(16)17/h12H,1-11H2. The van der Waals surface area contributed by atoms with Crippen LogP contribution < -0.4 is 0 Å². The van der Waals surface area contributed by atoms with E-state index in [1.165, 1.54) is 0 Å². The fourth-order valence-electron chi connectivity index (χ4n) is 1.59. The molecule has 0 spiro atoms. The molecule has 124 valence electrons. The van der Waals surface area contributed by atoms with Crippen LogP contribution in [0, 0.1) is 0 Å². The average molecular weight is 362 g/mol. The molecule has 0 radical (unpaired) electrons. The number of halogens is 3. The van der Waals surface area contributed by atoms with Gasteiger partial charge in [0.25, 0.3) is 0 Å². The Morgan fingerprint density at radius 1 is 0.810 bits per heavy atom. The zero-order valence-corrected chi connectivity index (χ0v) is 14.4. The van der Waals surface area contributed by atoms with Gasteiger partial charge in [-0.3, -0.25) is 9.59 Å². The van der Waals surface area contributed by atoms with Crippen LogP contribution in [0.25, 0.3) is 0 Å². The van der Waals surface area contributed by atoms with Gasteiger partial charge < -0.3 is 9.47 Å². The lowest BCUT2D eigenvalue weighted by molar-refractivity contribution is -0.150. The van der Waals surface area contributed by atoms with E-state index in [0.29, 0.717) is 6.61 Å². The maximum Gasteiger partial charge on any atom is 0.306 e. The van der Waals surface area contributed by atoms with Crippen LogP contribution in [0.3, 0.4) is 0 Å². The van der Waals surface area contributed by atoms with E-state index >= 15 is 0 Å². The van der Waals surface area contributed by atoms with Crippen LogP contribution in [-0.2, 0) is 19.1 Å². The van der Waals surface area contributed by atoms with Crippen molar-refractivity contribution in [2.45, 2.75) is 56.2 Å². The second-order valence-corrected chi connectivity index (χ2v) is 6.26. The first-order valence-corrected chi connectivity index (χ1v) is 8.62. The fraction of sp³-hybridized carbons (Fsp3) is 0.857. The Labute approximate surface area is 141 Å². The smallest absolute Gasteiger partial charge is 0.306 e. The summed E-state index contributed by atoms with van der Waals surface area (Å²) in [5.74, 6) is -0.170. The van der Waals surface area contributed by atoms with E-state index in [4.69, 9.17) is 44.3 Å². The molecule has 0 atom stereocenters. The molecule has 0 heterocycles. The van der Waals surface area contributed by atoms with Crippen molar-refractivity contribution in [1.29, 1.82) is 0 Å². The minimum absolute atomic E-state index is 0.0161. The number of rotatable bonds is 13. The van der Waals surface area contributed by atoms with Crippen molar-refractivity contribution in [2.75, 3.05) is 19.1 Å². The molecule has 0 N–H and O–H groups in total. The van der Waals surface area contributed by atoms with Crippen LogP contribution in [0.5, 0.6) is 0 Å². The lowest BCUT2D eigenvalue weighted by Crippen LogP contribution is -2.13. The SMILES string of the molecule is O=C(CCC(=O)OCC(Cl)Cl)OCCCCCCCCCl. The van der Waals surface area contributed by atoms with Gasteiger partial charge in [0.15, 0.2) is 0 Å². The van der Waals surface area contributed by atoms with Crippen LogP contribution >= 0.6 is 34.8 Å². The lowest BCUT2D eigenvalue weighted by atomic mass is 10.1. The molecule has 0 rings (SSSR count). The van der Waals surface area contributed by atoms with E-state index in [1.54, 1.807) is 0 Å². The zero-order valence-electron chi connectivity index (χ0n) is 12.1. The summed E-state index contributed by atoms with van der Waals surface area (Å²) >= 11 is 16.4. The lowest BCUT2D eigenvalue weighted by Gasteiger charge is -2.06. The normalized spacial score (nSPS) is 10.7. The summed E-state index contributed by atoms with van der Waals surface area (Å²) in [5.41, 5.74) is 0. The van der Waals surface area contributed by atoms with Gasteiger partial charge in [0.05, 0.1) is 19.4 Å². The third kappa shape index (κ3) is 16.0. The predicted octanol–water partition coefficient (Wildman–Crippen LogP) is 4.24. The first-order chi connectivity index (χ1) is 10.1. The Morgan fingerprint density at radius 2 is 1.33 bits per heavy atom. The monoisotopic (exact) mass is 360 g/mol. The quantitative estimate of drug-likeness (QED) is 0.280. The van der Waals surface area contributed by atoms with Crippen molar-refractivity contribution in [3.63, 3.8) is 0 Å². The van der Waals surface area contributed by atoms with Gasteiger partial charge in [-0.2, -0.15) is 0 Å². The van der Waals surface area contributed by atoms with Crippen molar-refractivity contribution in [3.8, 4) is 0 Å². The Bertz CT molecular complexity index is 285. The number of carbonyl (C=O) groups excluding carboxylic acids is 2. The third-order valence-electron chi connectivity index (χ3n) is 2.69. The number of hydrogen-bond acceptors (Lipinski definition) is 4. The van der Waals surface area contributed by atoms with Crippen molar-refractivity contribution >= 4 is 46.7 Å². The molecule has 0 aromatic heterocycles. The number of carbonyl (C=O) groups is 2. The molecule has 0 aromatic carbocycles. The Kier molecular flexibility index (Phi) is 14.6. The highest BCUT2D eigenvalue weighted by atomic mass is 35.5. The minimum atomic E-state index is -0.745. The number of unbranched alkanes of at least 4 members (excludes halogenated alkanes) is 5. The van der Waals surface area contributed by atoms with E-state index in [1.807, 2.05) is 0 Å². The summed E-state index contributed by atoms with van der Waals surface area (Å²) in [5, 5.41) is 0. The van der Waals surface area contributed by atoms with Gasteiger partial charge in [-0.1, -0.05) is 25.7 Å². The molecule has 0 aliphatic rings. The minimum Gasteiger partial charge on any atom is -0.466 e. The first kappa shape index (κ1) is 20.8. The second kappa shape index (κ2) is 14.7. The molecule has 0 aliphatic carbocycles. The summed E-state index contributed by atoms with van der Waals surface area (Å²) in [6.07, 6.45) is 6.37. The van der Waals surface area contributed by atoms with Crippen LogP contribution in [-0.4, -0.2) is 35.9 Å². The molecular weight excluding hydrogens is 339 g/mol. The van der Waals surface area contributed by atoms with Gasteiger partial charge in [0.2, 0.25) is 0 Å². The molecule has 0 fully saturated rings. The number of esters is 2. The summed E-state index contributed by atoms with van der Waals surface area (Å²) in [6.45, 7) is 0.329. The van der Waals surface area contributed by atoms with Crippen molar-refractivity contribution < 1.29 is 19.1 Å². The molecule has 0 amide bonds. The first-order valence-electron chi connectivity index (χ1n) is 7.21. The molecular formula is C14H23Cl3O4. The molecule has 21 heavy (non-hydrogen) atoms. The second-order valence-electron chi connectivity index (χ2n) is 4.60. The molecule has 0 aromatic rings. The van der Waals surface area contributed by atoms with E-state index in [9.17, 15) is 9.59 Å². The van der Waals surface area contributed by atoms with Gasteiger partial charge in [-0.15, -0.1) is 34.8 Å². The molecule has 0 saturated heterocycles. The number of ether oxygens (including phenoxy) is 2. The molecule has 4 nitrogen and oxygen atoms in total. The van der Waals surface area contributed by atoms with Crippen molar-refractivity contribution in [2.24, 2.45) is 0 Å². The van der Waals surface area contributed by atoms with Gasteiger partial charge in [-0.25, -0.2) is 0 Å². The molecule has 0 bridgehead atoms. The van der Waals surface area contributed by atoms with Gasteiger partial charge >= 0.3 is 11.9 Å². The largest absolute Gasteiger partial charge is 0.466 e. The van der Waals surface area contributed by atoms with Crippen LogP contribution in [0.1, 0.15) is 51.4 Å². The highest BCUT2D eigenvalue weighted by Gasteiger charge is 2.10. The Morgan fingerprint density at radius 3 is 1.90 bits per heavy atom.